The zero-order valence-corrected chi connectivity index (χ0v) is 10.1. The number of rotatable bonds is 7. The van der Waals surface area contributed by atoms with Crippen LogP contribution < -0.4 is 0 Å². The Kier molecular flexibility index (Phi) is 6.65. The molecular weight excluding hydrogens is 194 g/mol. The van der Waals surface area contributed by atoms with E-state index in [-0.39, 0.29) is 0 Å². The Bertz CT molecular complexity index is 143. The largest absolute Gasteiger partial charge is 0.384 e. The van der Waals surface area contributed by atoms with Crippen molar-refractivity contribution in [2.45, 2.75) is 25.7 Å². The quantitative estimate of drug-likeness (QED) is 0.517. The van der Waals surface area contributed by atoms with E-state index in [4.69, 9.17) is 4.74 Å². The lowest BCUT2D eigenvalue weighted by Crippen LogP contribution is -2.22. The molecule has 1 aliphatic heterocycles. The predicted molar refractivity (Wildman–Crippen MR) is 64.1 cm³/mol. The summed E-state index contributed by atoms with van der Waals surface area (Å²) in [5.41, 5.74) is 0. The van der Waals surface area contributed by atoms with Gasteiger partial charge in [-0.05, 0) is 44.0 Å². The maximum absolute atomic E-state index is 5.18. The number of nitrogens with zero attached hydrogens (tertiary/aromatic N) is 1. The highest BCUT2D eigenvalue weighted by molar-refractivity contribution is 7.80. The molecular formula is C11H23NOS. The van der Waals surface area contributed by atoms with E-state index in [0.717, 1.165) is 18.3 Å². The maximum Gasteiger partial charge on any atom is 0.0503 e. The third-order valence-electron chi connectivity index (χ3n) is 2.90. The standard InChI is InChI=1S/C11H23NOS/c1-13-10-11-5-7-12(9-11)6-3-2-4-8-14/h11,14H,2-10H2,1H3. The summed E-state index contributed by atoms with van der Waals surface area (Å²) in [6, 6.07) is 0. The van der Waals surface area contributed by atoms with Crippen LogP contribution in [-0.2, 0) is 4.74 Å². The van der Waals surface area contributed by atoms with Crippen LogP contribution >= 0.6 is 12.6 Å². The molecule has 0 saturated carbocycles. The first kappa shape index (κ1) is 12.3. The molecule has 0 radical (unpaired) electrons. The van der Waals surface area contributed by atoms with E-state index in [0.29, 0.717) is 0 Å². The molecule has 14 heavy (non-hydrogen) atoms. The van der Waals surface area contributed by atoms with Gasteiger partial charge in [0.15, 0.2) is 0 Å². The average Bonchev–Trinajstić information content (AvgIpc) is 2.61. The first-order chi connectivity index (χ1) is 6.86. The van der Waals surface area contributed by atoms with Gasteiger partial charge in [-0.25, -0.2) is 0 Å². The Labute approximate surface area is 93.4 Å². The topological polar surface area (TPSA) is 12.5 Å². The predicted octanol–water partition coefficient (Wildman–Crippen LogP) is 2.05. The molecule has 2 nitrogen and oxygen atoms in total. The number of likely N-dealkylation sites (tertiary alicyclic amines) is 1. The van der Waals surface area contributed by atoms with Crippen LogP contribution in [0.2, 0.25) is 0 Å². The van der Waals surface area contributed by atoms with Crippen molar-refractivity contribution >= 4 is 12.6 Å². The summed E-state index contributed by atoms with van der Waals surface area (Å²) in [5, 5.41) is 0. The maximum atomic E-state index is 5.18. The Hall–Kier alpha value is 0.270. The van der Waals surface area contributed by atoms with E-state index in [2.05, 4.69) is 17.5 Å². The third kappa shape index (κ3) is 4.67. The molecule has 3 heteroatoms. The summed E-state index contributed by atoms with van der Waals surface area (Å²) in [7, 11) is 1.80. The van der Waals surface area contributed by atoms with Gasteiger partial charge in [0.2, 0.25) is 0 Å². The summed E-state index contributed by atoms with van der Waals surface area (Å²) >= 11 is 4.22. The summed E-state index contributed by atoms with van der Waals surface area (Å²) in [4.78, 5) is 2.57. The Morgan fingerprint density at radius 1 is 1.36 bits per heavy atom. The fourth-order valence-corrected chi connectivity index (χ4v) is 2.34. The van der Waals surface area contributed by atoms with E-state index in [1.54, 1.807) is 7.11 Å². The smallest absolute Gasteiger partial charge is 0.0503 e. The van der Waals surface area contributed by atoms with Gasteiger partial charge in [0.05, 0.1) is 6.61 Å². The normalized spacial score (nSPS) is 23.1. The van der Waals surface area contributed by atoms with Crippen LogP contribution in [0.1, 0.15) is 25.7 Å². The van der Waals surface area contributed by atoms with E-state index in [9.17, 15) is 0 Å². The highest BCUT2D eigenvalue weighted by atomic mass is 32.1. The zero-order valence-electron chi connectivity index (χ0n) is 9.24. The molecule has 1 atom stereocenters. The van der Waals surface area contributed by atoms with Crippen LogP contribution in [0.3, 0.4) is 0 Å². The minimum Gasteiger partial charge on any atom is -0.384 e. The fourth-order valence-electron chi connectivity index (χ4n) is 2.11. The second-order valence-electron chi connectivity index (χ2n) is 4.19. The number of hydrogen-bond donors (Lipinski definition) is 1. The van der Waals surface area contributed by atoms with Crippen molar-refractivity contribution in [1.29, 1.82) is 0 Å². The Morgan fingerprint density at radius 2 is 2.21 bits per heavy atom. The number of ether oxygens (including phenoxy) is 1. The zero-order chi connectivity index (χ0) is 10.2. The van der Waals surface area contributed by atoms with Gasteiger partial charge in [0, 0.05) is 13.7 Å². The molecule has 0 spiro atoms. The monoisotopic (exact) mass is 217 g/mol. The third-order valence-corrected chi connectivity index (χ3v) is 3.22. The molecule has 1 fully saturated rings. The molecule has 1 rings (SSSR count). The molecule has 1 unspecified atom stereocenters. The van der Waals surface area contributed by atoms with Crippen molar-refractivity contribution in [3.63, 3.8) is 0 Å². The van der Waals surface area contributed by atoms with Gasteiger partial charge in [0.1, 0.15) is 0 Å². The SMILES string of the molecule is COCC1CCN(CCCCCS)C1. The highest BCUT2D eigenvalue weighted by Gasteiger charge is 2.21. The lowest BCUT2D eigenvalue weighted by atomic mass is 10.1. The number of thiol groups is 1. The highest BCUT2D eigenvalue weighted by Crippen LogP contribution is 2.16. The van der Waals surface area contributed by atoms with Crippen LogP contribution in [0, 0.1) is 5.92 Å². The molecule has 1 aliphatic rings. The molecule has 84 valence electrons. The fraction of sp³-hybridized carbons (Fsp3) is 1.00. The molecule has 0 aromatic heterocycles. The lowest BCUT2D eigenvalue weighted by molar-refractivity contribution is 0.153. The minimum absolute atomic E-state index is 0.782. The second-order valence-corrected chi connectivity index (χ2v) is 4.64. The second kappa shape index (κ2) is 7.55. The van der Waals surface area contributed by atoms with E-state index >= 15 is 0 Å². The Morgan fingerprint density at radius 3 is 2.93 bits per heavy atom. The van der Waals surface area contributed by atoms with E-state index < -0.39 is 0 Å². The summed E-state index contributed by atoms with van der Waals surface area (Å²) in [6.07, 6.45) is 5.24. The first-order valence-electron chi connectivity index (χ1n) is 5.69. The van der Waals surface area contributed by atoms with E-state index in [1.807, 2.05) is 0 Å². The molecule has 0 aromatic carbocycles. The minimum atomic E-state index is 0.782. The number of hydrogen-bond acceptors (Lipinski definition) is 3. The average molecular weight is 217 g/mol. The lowest BCUT2D eigenvalue weighted by Gasteiger charge is -2.15. The summed E-state index contributed by atoms with van der Waals surface area (Å²) < 4.78 is 5.18. The van der Waals surface area contributed by atoms with Gasteiger partial charge in [0.25, 0.3) is 0 Å². The van der Waals surface area contributed by atoms with Crippen LogP contribution in [0.25, 0.3) is 0 Å². The van der Waals surface area contributed by atoms with Crippen LogP contribution in [0.4, 0.5) is 0 Å². The van der Waals surface area contributed by atoms with E-state index in [1.165, 1.54) is 45.3 Å². The van der Waals surface area contributed by atoms with Crippen molar-refractivity contribution < 1.29 is 4.74 Å². The molecule has 0 aromatic rings. The van der Waals surface area contributed by atoms with Gasteiger partial charge in [-0.15, -0.1) is 0 Å². The molecule has 0 amide bonds. The van der Waals surface area contributed by atoms with Crippen molar-refractivity contribution in [2.75, 3.05) is 39.1 Å². The van der Waals surface area contributed by atoms with Gasteiger partial charge < -0.3 is 9.64 Å². The van der Waals surface area contributed by atoms with Crippen LogP contribution in [-0.4, -0.2) is 44.0 Å². The summed E-state index contributed by atoms with van der Waals surface area (Å²) in [5.74, 6) is 1.82. The summed E-state index contributed by atoms with van der Waals surface area (Å²) in [6.45, 7) is 4.73. The first-order valence-corrected chi connectivity index (χ1v) is 6.32. The molecule has 1 saturated heterocycles. The number of unbranched alkanes of at least 4 members (excludes halogenated alkanes) is 2. The van der Waals surface area contributed by atoms with Crippen molar-refractivity contribution in [3.05, 3.63) is 0 Å². The van der Waals surface area contributed by atoms with Gasteiger partial charge in [-0.3, -0.25) is 0 Å². The van der Waals surface area contributed by atoms with Crippen LogP contribution in [0.5, 0.6) is 0 Å². The molecule has 0 bridgehead atoms. The number of methoxy groups -OCH3 is 1. The van der Waals surface area contributed by atoms with Crippen LogP contribution in [0.15, 0.2) is 0 Å². The van der Waals surface area contributed by atoms with Crippen molar-refractivity contribution in [2.24, 2.45) is 5.92 Å². The van der Waals surface area contributed by atoms with Gasteiger partial charge >= 0.3 is 0 Å². The van der Waals surface area contributed by atoms with Crippen molar-refractivity contribution in [3.8, 4) is 0 Å². The molecule has 1 heterocycles. The molecule has 0 N–H and O–H groups in total. The molecule has 0 aliphatic carbocycles. The van der Waals surface area contributed by atoms with Crippen molar-refractivity contribution in [1.82, 2.24) is 4.90 Å². The Balaban J connectivity index is 1.98. The van der Waals surface area contributed by atoms with Gasteiger partial charge in [-0.2, -0.15) is 12.6 Å². The van der Waals surface area contributed by atoms with Gasteiger partial charge in [-0.1, -0.05) is 6.42 Å².